The number of para-hydroxylation sites is 2. The zero-order valence-electron chi connectivity index (χ0n) is 9.89. The molecule has 1 fully saturated rings. The van der Waals surface area contributed by atoms with Gasteiger partial charge < -0.3 is 10.6 Å². The molecule has 0 bridgehead atoms. The monoisotopic (exact) mass is 242 g/mol. The highest BCUT2D eigenvalue weighted by molar-refractivity contribution is 5.77. The van der Waals surface area contributed by atoms with E-state index < -0.39 is 0 Å². The molecule has 1 unspecified atom stereocenters. The van der Waals surface area contributed by atoms with Crippen molar-refractivity contribution in [2.75, 3.05) is 11.9 Å². The number of aromatic nitrogens is 2. The van der Waals surface area contributed by atoms with Gasteiger partial charge in [-0.05, 0) is 18.6 Å². The lowest BCUT2D eigenvalue weighted by molar-refractivity contribution is -0.122. The van der Waals surface area contributed by atoms with E-state index in [4.69, 9.17) is 0 Å². The molecule has 18 heavy (non-hydrogen) atoms. The summed E-state index contributed by atoms with van der Waals surface area (Å²) in [6, 6.07) is 8.00. The van der Waals surface area contributed by atoms with Crippen LogP contribution < -0.4 is 10.6 Å². The Morgan fingerprint density at radius 3 is 2.89 bits per heavy atom. The van der Waals surface area contributed by atoms with Gasteiger partial charge in [0.05, 0.1) is 17.2 Å². The number of hydrogen-bond acceptors (Lipinski definition) is 4. The molecule has 0 aliphatic carbocycles. The molecule has 1 saturated heterocycles. The first-order chi connectivity index (χ1) is 8.81. The standard InChI is InChI=1S/C13H14N4O/c18-13-6-5-9(7-15-13)16-12-8-14-10-3-1-2-4-11(10)17-12/h1-4,8-9H,5-7H2,(H,15,18)(H,16,17). The fourth-order valence-corrected chi connectivity index (χ4v) is 2.09. The van der Waals surface area contributed by atoms with E-state index in [1.165, 1.54) is 0 Å². The topological polar surface area (TPSA) is 66.9 Å². The van der Waals surface area contributed by atoms with Crippen LogP contribution >= 0.6 is 0 Å². The van der Waals surface area contributed by atoms with Crippen LogP contribution in [0.25, 0.3) is 11.0 Å². The summed E-state index contributed by atoms with van der Waals surface area (Å²) in [5, 5.41) is 6.15. The molecular formula is C13H14N4O. The number of nitrogens with one attached hydrogen (secondary N) is 2. The molecule has 5 nitrogen and oxygen atoms in total. The molecule has 92 valence electrons. The Kier molecular flexibility index (Phi) is 2.80. The van der Waals surface area contributed by atoms with Crippen molar-refractivity contribution in [3.8, 4) is 0 Å². The highest BCUT2D eigenvalue weighted by atomic mass is 16.1. The predicted molar refractivity (Wildman–Crippen MR) is 69.2 cm³/mol. The predicted octanol–water partition coefficient (Wildman–Crippen LogP) is 1.32. The minimum atomic E-state index is 0.123. The molecule has 3 rings (SSSR count). The molecule has 0 spiro atoms. The number of hydrogen-bond donors (Lipinski definition) is 2. The average molecular weight is 242 g/mol. The Morgan fingerprint density at radius 1 is 1.28 bits per heavy atom. The van der Waals surface area contributed by atoms with E-state index in [0.717, 1.165) is 23.3 Å². The van der Waals surface area contributed by atoms with E-state index in [9.17, 15) is 4.79 Å². The lowest BCUT2D eigenvalue weighted by atomic mass is 10.1. The van der Waals surface area contributed by atoms with Gasteiger partial charge in [0.2, 0.25) is 5.91 Å². The number of amides is 1. The maximum Gasteiger partial charge on any atom is 0.220 e. The quantitative estimate of drug-likeness (QED) is 0.833. The van der Waals surface area contributed by atoms with Gasteiger partial charge >= 0.3 is 0 Å². The third-order valence-corrected chi connectivity index (χ3v) is 3.07. The molecule has 0 radical (unpaired) electrons. The van der Waals surface area contributed by atoms with Gasteiger partial charge in [0.25, 0.3) is 0 Å². The van der Waals surface area contributed by atoms with E-state index in [2.05, 4.69) is 20.6 Å². The highest BCUT2D eigenvalue weighted by Gasteiger charge is 2.17. The van der Waals surface area contributed by atoms with Gasteiger partial charge in [-0.3, -0.25) is 9.78 Å². The number of nitrogens with zero attached hydrogens (tertiary/aromatic N) is 2. The summed E-state index contributed by atoms with van der Waals surface area (Å²) in [5.41, 5.74) is 1.77. The minimum absolute atomic E-state index is 0.123. The van der Waals surface area contributed by atoms with Crippen molar-refractivity contribution in [1.82, 2.24) is 15.3 Å². The molecule has 1 aromatic heterocycles. The lowest BCUT2D eigenvalue weighted by Crippen LogP contribution is -2.42. The summed E-state index contributed by atoms with van der Waals surface area (Å²) in [6.45, 7) is 0.646. The third kappa shape index (κ3) is 2.25. The van der Waals surface area contributed by atoms with Crippen LogP contribution in [0.3, 0.4) is 0 Å². The molecule has 1 aromatic carbocycles. The van der Waals surface area contributed by atoms with Crippen LogP contribution in [0.2, 0.25) is 0 Å². The molecular weight excluding hydrogens is 228 g/mol. The number of rotatable bonds is 2. The average Bonchev–Trinajstić information content (AvgIpc) is 2.41. The normalized spacial score (nSPS) is 19.6. The molecule has 1 aliphatic heterocycles. The van der Waals surface area contributed by atoms with Crippen LogP contribution in [-0.2, 0) is 4.79 Å². The Labute approximate surface area is 105 Å². The lowest BCUT2D eigenvalue weighted by Gasteiger charge is -2.23. The molecule has 2 N–H and O–H groups in total. The first kappa shape index (κ1) is 11.0. The SMILES string of the molecule is O=C1CCC(Nc2cnc3ccccc3n2)CN1. The van der Waals surface area contributed by atoms with Gasteiger partial charge in [-0.1, -0.05) is 12.1 Å². The van der Waals surface area contributed by atoms with Crippen LogP contribution in [0.5, 0.6) is 0 Å². The van der Waals surface area contributed by atoms with Crippen molar-refractivity contribution in [1.29, 1.82) is 0 Å². The van der Waals surface area contributed by atoms with E-state index in [1.807, 2.05) is 24.3 Å². The summed E-state index contributed by atoms with van der Waals surface area (Å²) in [7, 11) is 0. The Balaban J connectivity index is 1.76. The number of fused-ring (bicyclic) bond motifs is 1. The molecule has 1 amide bonds. The van der Waals surface area contributed by atoms with Gasteiger partial charge in [-0.15, -0.1) is 0 Å². The van der Waals surface area contributed by atoms with Crippen molar-refractivity contribution < 1.29 is 4.79 Å². The van der Waals surface area contributed by atoms with E-state index in [0.29, 0.717) is 13.0 Å². The zero-order valence-corrected chi connectivity index (χ0v) is 9.89. The third-order valence-electron chi connectivity index (χ3n) is 3.07. The van der Waals surface area contributed by atoms with Crippen molar-refractivity contribution in [3.63, 3.8) is 0 Å². The number of carbonyl (C=O) groups is 1. The van der Waals surface area contributed by atoms with Crippen molar-refractivity contribution in [3.05, 3.63) is 30.5 Å². The second-order valence-corrected chi connectivity index (χ2v) is 4.43. The first-order valence-electron chi connectivity index (χ1n) is 6.06. The van der Waals surface area contributed by atoms with Crippen LogP contribution in [0.4, 0.5) is 5.82 Å². The van der Waals surface area contributed by atoms with E-state index in [1.54, 1.807) is 6.20 Å². The zero-order chi connectivity index (χ0) is 12.4. The minimum Gasteiger partial charge on any atom is -0.364 e. The second-order valence-electron chi connectivity index (χ2n) is 4.43. The number of piperidine rings is 1. The summed E-state index contributed by atoms with van der Waals surface area (Å²) >= 11 is 0. The van der Waals surface area contributed by atoms with Gasteiger partial charge in [0.1, 0.15) is 5.82 Å². The van der Waals surface area contributed by atoms with E-state index >= 15 is 0 Å². The Bertz CT molecular complexity index is 574. The highest BCUT2D eigenvalue weighted by Crippen LogP contribution is 2.14. The summed E-state index contributed by atoms with van der Waals surface area (Å²) in [4.78, 5) is 19.9. The fraction of sp³-hybridized carbons (Fsp3) is 0.308. The first-order valence-corrected chi connectivity index (χ1v) is 6.06. The molecule has 2 aromatic rings. The van der Waals surface area contributed by atoms with E-state index in [-0.39, 0.29) is 11.9 Å². The van der Waals surface area contributed by atoms with Gasteiger partial charge in [0, 0.05) is 19.0 Å². The summed E-state index contributed by atoms with van der Waals surface area (Å²) < 4.78 is 0. The van der Waals surface area contributed by atoms with Crippen LogP contribution in [0, 0.1) is 0 Å². The van der Waals surface area contributed by atoms with Crippen molar-refractivity contribution in [2.45, 2.75) is 18.9 Å². The van der Waals surface area contributed by atoms with Crippen molar-refractivity contribution >= 4 is 22.8 Å². The second kappa shape index (κ2) is 4.60. The van der Waals surface area contributed by atoms with Gasteiger partial charge in [0.15, 0.2) is 0 Å². The number of anilines is 1. The van der Waals surface area contributed by atoms with Crippen LogP contribution in [-0.4, -0.2) is 28.5 Å². The summed E-state index contributed by atoms with van der Waals surface area (Å²) in [6.07, 6.45) is 3.14. The molecule has 1 atom stereocenters. The fourth-order valence-electron chi connectivity index (χ4n) is 2.09. The maximum atomic E-state index is 11.1. The number of carbonyl (C=O) groups excluding carboxylic acids is 1. The maximum absolute atomic E-state index is 11.1. The largest absolute Gasteiger partial charge is 0.364 e. The van der Waals surface area contributed by atoms with Gasteiger partial charge in [-0.25, -0.2) is 4.98 Å². The molecule has 0 saturated carbocycles. The smallest absolute Gasteiger partial charge is 0.220 e. The van der Waals surface area contributed by atoms with Crippen LogP contribution in [0.15, 0.2) is 30.5 Å². The number of benzene rings is 1. The Hall–Kier alpha value is -2.17. The summed E-state index contributed by atoms with van der Waals surface area (Å²) in [5.74, 6) is 0.882. The van der Waals surface area contributed by atoms with Crippen LogP contribution in [0.1, 0.15) is 12.8 Å². The molecule has 1 aliphatic rings. The molecule has 2 heterocycles. The van der Waals surface area contributed by atoms with Crippen molar-refractivity contribution in [2.24, 2.45) is 0 Å². The van der Waals surface area contributed by atoms with Gasteiger partial charge in [-0.2, -0.15) is 0 Å². The molecule has 5 heteroatoms. The Morgan fingerprint density at radius 2 is 2.11 bits per heavy atom.